The van der Waals surface area contributed by atoms with Crippen LogP contribution in [0.15, 0.2) is 12.4 Å². The molecule has 76 valence electrons. The summed E-state index contributed by atoms with van der Waals surface area (Å²) in [6.07, 6.45) is 3.76. The molecule has 1 aromatic rings. The molecular formula is C9H13N3O2. The summed E-state index contributed by atoms with van der Waals surface area (Å²) >= 11 is 0. The van der Waals surface area contributed by atoms with Crippen LogP contribution < -0.4 is 5.32 Å². The van der Waals surface area contributed by atoms with E-state index in [1.54, 1.807) is 13.2 Å². The van der Waals surface area contributed by atoms with E-state index in [4.69, 9.17) is 4.79 Å². The van der Waals surface area contributed by atoms with E-state index < -0.39 is 0 Å². The van der Waals surface area contributed by atoms with Crippen LogP contribution in [0.25, 0.3) is 0 Å². The Morgan fingerprint density at radius 3 is 2.36 bits per heavy atom. The number of aromatic nitrogens is 2. The summed E-state index contributed by atoms with van der Waals surface area (Å²) in [6, 6.07) is 0. The monoisotopic (exact) mass is 195 g/mol. The first kappa shape index (κ1) is 12.2. The number of carbonyl (C=O) groups is 2. The first-order valence-electron chi connectivity index (χ1n) is 4.06. The van der Waals surface area contributed by atoms with Crippen molar-refractivity contribution >= 4 is 12.2 Å². The van der Waals surface area contributed by atoms with Gasteiger partial charge in [0.2, 0.25) is 0 Å². The molecule has 0 fully saturated rings. The van der Waals surface area contributed by atoms with Gasteiger partial charge in [-0.25, -0.2) is 4.98 Å². The Morgan fingerprint density at radius 2 is 2.00 bits per heavy atom. The van der Waals surface area contributed by atoms with E-state index in [-0.39, 0.29) is 5.91 Å². The number of nitrogens with one attached hydrogen (secondary N) is 1. The number of carbonyl (C=O) groups excluding carboxylic acids is 2. The highest BCUT2D eigenvalue weighted by Crippen LogP contribution is 1.92. The molecule has 0 aromatic carbocycles. The van der Waals surface area contributed by atoms with Crippen LogP contribution in [0.2, 0.25) is 0 Å². The Morgan fingerprint density at radius 1 is 1.43 bits per heavy atom. The number of amides is 1. The third kappa shape index (κ3) is 4.30. The summed E-state index contributed by atoms with van der Waals surface area (Å²) in [5, 5.41) is 2.46. The topological polar surface area (TPSA) is 72.0 Å². The average Bonchev–Trinajstić information content (AvgIpc) is 2.19. The minimum absolute atomic E-state index is 0.211. The summed E-state index contributed by atoms with van der Waals surface area (Å²) in [5.74, 6) is -0.211. The predicted molar refractivity (Wildman–Crippen MR) is 51.9 cm³/mol. The van der Waals surface area contributed by atoms with Crippen LogP contribution in [0.4, 0.5) is 0 Å². The van der Waals surface area contributed by atoms with E-state index in [0.29, 0.717) is 5.69 Å². The molecule has 1 N–H and O–H groups in total. The molecule has 0 aliphatic carbocycles. The smallest absolute Gasteiger partial charge is 0.271 e. The maximum absolute atomic E-state index is 10.9. The van der Waals surface area contributed by atoms with Crippen molar-refractivity contribution in [2.24, 2.45) is 0 Å². The SMILES string of the molecule is CC=O.CNC(=O)c1cnc(C)cn1. The predicted octanol–water partition coefficient (Wildman–Crippen LogP) is 0.350. The minimum Gasteiger partial charge on any atom is -0.354 e. The van der Waals surface area contributed by atoms with Crippen LogP contribution in [0.1, 0.15) is 23.1 Å². The molecule has 0 bridgehead atoms. The van der Waals surface area contributed by atoms with Crippen molar-refractivity contribution in [2.45, 2.75) is 13.8 Å². The number of aldehydes is 1. The van der Waals surface area contributed by atoms with Gasteiger partial charge < -0.3 is 10.1 Å². The molecule has 0 radical (unpaired) electrons. The van der Waals surface area contributed by atoms with Crippen molar-refractivity contribution in [3.8, 4) is 0 Å². The van der Waals surface area contributed by atoms with Crippen LogP contribution in [0.5, 0.6) is 0 Å². The lowest BCUT2D eigenvalue weighted by atomic mass is 10.4. The van der Waals surface area contributed by atoms with Gasteiger partial charge in [0.05, 0.1) is 11.9 Å². The summed E-state index contributed by atoms with van der Waals surface area (Å²) < 4.78 is 0. The van der Waals surface area contributed by atoms with Crippen LogP contribution >= 0.6 is 0 Å². The van der Waals surface area contributed by atoms with Gasteiger partial charge >= 0.3 is 0 Å². The second-order valence-corrected chi connectivity index (χ2v) is 2.36. The summed E-state index contributed by atoms with van der Waals surface area (Å²) in [6.45, 7) is 3.26. The lowest BCUT2D eigenvalue weighted by Crippen LogP contribution is -2.19. The third-order valence-corrected chi connectivity index (χ3v) is 1.24. The number of hydrogen-bond donors (Lipinski definition) is 1. The molecule has 5 heteroatoms. The number of aryl methyl sites for hydroxylation is 1. The number of rotatable bonds is 1. The van der Waals surface area contributed by atoms with E-state index in [1.165, 1.54) is 13.1 Å². The molecule has 1 aromatic heterocycles. The fourth-order valence-corrected chi connectivity index (χ4v) is 0.638. The quantitative estimate of drug-likeness (QED) is 0.656. The lowest BCUT2D eigenvalue weighted by Gasteiger charge is -1.96. The van der Waals surface area contributed by atoms with E-state index in [0.717, 1.165) is 12.0 Å². The second kappa shape index (κ2) is 6.71. The molecule has 0 atom stereocenters. The molecule has 1 rings (SSSR count). The average molecular weight is 195 g/mol. The van der Waals surface area contributed by atoms with Gasteiger partial charge in [-0.2, -0.15) is 0 Å². The van der Waals surface area contributed by atoms with Crippen LogP contribution in [-0.4, -0.2) is 29.2 Å². The standard InChI is InChI=1S/C7H9N3O.C2H4O/c1-5-3-10-6(4-9-5)7(11)8-2;1-2-3/h3-4H,1-2H3,(H,8,11);2H,1H3. The van der Waals surface area contributed by atoms with E-state index >= 15 is 0 Å². The van der Waals surface area contributed by atoms with Gasteiger partial charge in [-0.3, -0.25) is 9.78 Å². The normalized spacial score (nSPS) is 8.21. The fourth-order valence-electron chi connectivity index (χ4n) is 0.638. The zero-order valence-corrected chi connectivity index (χ0v) is 8.44. The zero-order valence-electron chi connectivity index (χ0n) is 8.44. The Labute approximate surface area is 82.6 Å². The Balaban J connectivity index is 0.000000500. The molecule has 0 unspecified atom stereocenters. The van der Waals surface area contributed by atoms with E-state index in [9.17, 15) is 4.79 Å². The lowest BCUT2D eigenvalue weighted by molar-refractivity contribution is -0.106. The highest BCUT2D eigenvalue weighted by atomic mass is 16.1. The highest BCUT2D eigenvalue weighted by molar-refractivity contribution is 5.91. The van der Waals surface area contributed by atoms with Gasteiger partial charge in [0, 0.05) is 13.2 Å². The fraction of sp³-hybridized carbons (Fsp3) is 0.333. The van der Waals surface area contributed by atoms with Gasteiger partial charge in [0.15, 0.2) is 0 Å². The Hall–Kier alpha value is -1.78. The third-order valence-electron chi connectivity index (χ3n) is 1.24. The first-order valence-corrected chi connectivity index (χ1v) is 4.06. The maximum Gasteiger partial charge on any atom is 0.271 e. The van der Waals surface area contributed by atoms with E-state index in [2.05, 4.69) is 15.3 Å². The van der Waals surface area contributed by atoms with Gasteiger partial charge in [0.1, 0.15) is 12.0 Å². The van der Waals surface area contributed by atoms with Crippen LogP contribution in [-0.2, 0) is 4.79 Å². The summed E-state index contributed by atoms with van der Waals surface area (Å²) in [7, 11) is 1.56. The van der Waals surface area contributed by atoms with Gasteiger partial charge in [-0.05, 0) is 13.8 Å². The summed E-state index contributed by atoms with van der Waals surface area (Å²) in [5.41, 5.74) is 1.15. The van der Waals surface area contributed by atoms with Crippen LogP contribution in [0.3, 0.4) is 0 Å². The molecule has 1 heterocycles. The number of hydrogen-bond acceptors (Lipinski definition) is 4. The first-order chi connectivity index (χ1) is 6.65. The van der Waals surface area contributed by atoms with Crippen molar-refractivity contribution in [1.82, 2.24) is 15.3 Å². The maximum atomic E-state index is 10.9. The highest BCUT2D eigenvalue weighted by Gasteiger charge is 2.02. The van der Waals surface area contributed by atoms with Crippen molar-refractivity contribution in [3.63, 3.8) is 0 Å². The molecule has 5 nitrogen and oxygen atoms in total. The molecule has 0 spiro atoms. The molecule has 0 aliphatic rings. The largest absolute Gasteiger partial charge is 0.354 e. The van der Waals surface area contributed by atoms with E-state index in [1.807, 2.05) is 6.92 Å². The summed E-state index contributed by atoms with van der Waals surface area (Å²) in [4.78, 5) is 27.5. The van der Waals surface area contributed by atoms with Gasteiger partial charge in [0.25, 0.3) is 5.91 Å². The van der Waals surface area contributed by atoms with Crippen molar-refractivity contribution < 1.29 is 9.59 Å². The molecule has 14 heavy (non-hydrogen) atoms. The minimum atomic E-state index is -0.211. The van der Waals surface area contributed by atoms with Crippen molar-refractivity contribution in [2.75, 3.05) is 7.05 Å². The zero-order chi connectivity index (χ0) is 11.0. The van der Waals surface area contributed by atoms with Crippen molar-refractivity contribution in [1.29, 1.82) is 0 Å². The molecule has 0 aliphatic heterocycles. The van der Waals surface area contributed by atoms with Crippen molar-refractivity contribution in [3.05, 3.63) is 23.8 Å². The van der Waals surface area contributed by atoms with Crippen LogP contribution in [0, 0.1) is 6.92 Å². The second-order valence-electron chi connectivity index (χ2n) is 2.36. The van der Waals surface area contributed by atoms with Gasteiger partial charge in [-0.1, -0.05) is 0 Å². The Bertz CT molecular complexity index is 295. The molecule has 0 saturated carbocycles. The molecule has 0 saturated heterocycles. The molecule has 1 amide bonds. The molecular weight excluding hydrogens is 182 g/mol. The Kier molecular flexibility index (Phi) is 5.85. The van der Waals surface area contributed by atoms with Gasteiger partial charge in [-0.15, -0.1) is 0 Å². The number of nitrogens with zero attached hydrogens (tertiary/aromatic N) is 2.